The van der Waals surface area contributed by atoms with Gasteiger partial charge in [-0.05, 0) is 38.8 Å². The lowest BCUT2D eigenvalue weighted by Gasteiger charge is -2.36. The zero-order chi connectivity index (χ0) is 16.1. The van der Waals surface area contributed by atoms with Gasteiger partial charge in [-0.25, -0.2) is 4.79 Å². The summed E-state index contributed by atoms with van der Waals surface area (Å²) in [6, 6.07) is 0. The van der Waals surface area contributed by atoms with E-state index in [0.29, 0.717) is 12.5 Å². The highest BCUT2D eigenvalue weighted by molar-refractivity contribution is 5.78. The second kappa shape index (κ2) is 7.70. The van der Waals surface area contributed by atoms with Crippen molar-refractivity contribution in [1.29, 1.82) is 0 Å². The minimum absolute atomic E-state index is 0.0681. The van der Waals surface area contributed by atoms with Crippen LogP contribution in [0.3, 0.4) is 0 Å². The van der Waals surface area contributed by atoms with Gasteiger partial charge in [-0.1, -0.05) is 11.6 Å². The van der Waals surface area contributed by atoms with E-state index < -0.39 is 0 Å². The topological polar surface area (TPSA) is 80.4 Å². The first-order valence-corrected chi connectivity index (χ1v) is 8.60. The van der Waals surface area contributed by atoms with Gasteiger partial charge in [0, 0.05) is 25.6 Å². The number of nitrogens with two attached hydrogens (primary N) is 1. The van der Waals surface area contributed by atoms with Crippen molar-refractivity contribution in [2.45, 2.75) is 38.2 Å². The standard InChI is InChI=1S/C16H26N4O3/c17-15(11-21)20-8-4-13(5-9-20)16-18-22-12-14(23-16)10-19-6-2-1-3-7-19/h13-14H,1-10,12,17H2. The van der Waals surface area contributed by atoms with Crippen molar-refractivity contribution in [3.63, 3.8) is 0 Å². The fourth-order valence-electron chi connectivity index (χ4n) is 3.53. The second-order valence-electron chi connectivity index (χ2n) is 6.58. The normalized spacial score (nSPS) is 26.7. The Labute approximate surface area is 137 Å². The molecule has 0 aromatic carbocycles. The van der Waals surface area contributed by atoms with Crippen molar-refractivity contribution in [3.8, 4) is 0 Å². The van der Waals surface area contributed by atoms with Gasteiger partial charge in [-0.15, -0.1) is 0 Å². The molecule has 0 bridgehead atoms. The molecule has 7 heteroatoms. The zero-order valence-electron chi connectivity index (χ0n) is 13.6. The summed E-state index contributed by atoms with van der Waals surface area (Å²) in [6.45, 7) is 5.21. The van der Waals surface area contributed by atoms with Crippen molar-refractivity contribution < 1.29 is 14.4 Å². The minimum Gasteiger partial charge on any atom is -0.470 e. The van der Waals surface area contributed by atoms with Crippen LogP contribution in [0.5, 0.6) is 0 Å². The predicted molar refractivity (Wildman–Crippen MR) is 86.2 cm³/mol. The Morgan fingerprint density at radius 2 is 1.96 bits per heavy atom. The SMILES string of the molecule is NC(=C=O)N1CCC(C2=NOCC(CN3CCCCC3)O2)CC1. The smallest absolute Gasteiger partial charge is 0.229 e. The zero-order valence-corrected chi connectivity index (χ0v) is 13.6. The molecule has 3 aliphatic rings. The predicted octanol–water partition coefficient (Wildman–Crippen LogP) is 0.545. The Hall–Kier alpha value is -1.72. The van der Waals surface area contributed by atoms with E-state index in [9.17, 15) is 4.79 Å². The van der Waals surface area contributed by atoms with E-state index in [-0.39, 0.29) is 17.8 Å². The van der Waals surface area contributed by atoms with Crippen molar-refractivity contribution in [2.75, 3.05) is 39.3 Å². The number of hydrogen-bond donors (Lipinski definition) is 1. The van der Waals surface area contributed by atoms with Crippen LogP contribution >= 0.6 is 0 Å². The molecule has 0 aliphatic carbocycles. The fourth-order valence-corrected chi connectivity index (χ4v) is 3.53. The Morgan fingerprint density at radius 3 is 2.65 bits per heavy atom. The van der Waals surface area contributed by atoms with Crippen molar-refractivity contribution >= 4 is 11.8 Å². The molecule has 23 heavy (non-hydrogen) atoms. The van der Waals surface area contributed by atoms with E-state index in [1.807, 2.05) is 4.90 Å². The molecule has 0 amide bonds. The van der Waals surface area contributed by atoms with Gasteiger partial charge >= 0.3 is 0 Å². The van der Waals surface area contributed by atoms with Crippen LogP contribution in [0, 0.1) is 5.92 Å². The number of carbonyl (C=O) groups excluding carboxylic acids is 1. The van der Waals surface area contributed by atoms with Crippen LogP contribution in [0.2, 0.25) is 0 Å². The summed E-state index contributed by atoms with van der Waals surface area (Å²) in [7, 11) is 0. The monoisotopic (exact) mass is 322 g/mol. The second-order valence-corrected chi connectivity index (χ2v) is 6.58. The summed E-state index contributed by atoms with van der Waals surface area (Å²) in [6.07, 6.45) is 5.68. The molecule has 3 aliphatic heterocycles. The van der Waals surface area contributed by atoms with E-state index in [1.165, 1.54) is 19.3 Å². The first-order valence-electron chi connectivity index (χ1n) is 8.60. The van der Waals surface area contributed by atoms with Gasteiger partial charge in [0.2, 0.25) is 5.90 Å². The average Bonchev–Trinajstić information content (AvgIpc) is 2.62. The van der Waals surface area contributed by atoms with E-state index >= 15 is 0 Å². The van der Waals surface area contributed by atoms with Gasteiger partial charge in [-0.2, -0.15) is 0 Å². The van der Waals surface area contributed by atoms with Crippen LogP contribution in [-0.4, -0.2) is 67.1 Å². The average molecular weight is 322 g/mol. The molecule has 7 nitrogen and oxygen atoms in total. The van der Waals surface area contributed by atoms with Crippen LogP contribution in [0.15, 0.2) is 11.0 Å². The van der Waals surface area contributed by atoms with Crippen LogP contribution in [-0.2, 0) is 14.4 Å². The Morgan fingerprint density at radius 1 is 1.22 bits per heavy atom. The van der Waals surface area contributed by atoms with Gasteiger partial charge in [0.05, 0.1) is 0 Å². The van der Waals surface area contributed by atoms with Crippen LogP contribution in [0.4, 0.5) is 0 Å². The fraction of sp³-hybridized carbons (Fsp3) is 0.812. The molecule has 0 spiro atoms. The molecule has 3 heterocycles. The maximum Gasteiger partial charge on any atom is 0.229 e. The molecule has 2 saturated heterocycles. The van der Waals surface area contributed by atoms with E-state index in [1.54, 1.807) is 5.94 Å². The molecule has 0 aromatic heterocycles. The lowest BCUT2D eigenvalue weighted by Crippen LogP contribution is -2.44. The third-order valence-corrected chi connectivity index (χ3v) is 4.90. The molecular formula is C16H26N4O3. The van der Waals surface area contributed by atoms with Gasteiger partial charge in [0.15, 0.2) is 18.4 Å². The molecule has 2 N–H and O–H groups in total. The molecule has 1 unspecified atom stereocenters. The Kier molecular flexibility index (Phi) is 5.41. The number of nitrogens with zero attached hydrogens (tertiary/aromatic N) is 3. The third kappa shape index (κ3) is 4.18. The number of rotatable bonds is 4. The lowest BCUT2D eigenvalue weighted by atomic mass is 9.96. The van der Waals surface area contributed by atoms with E-state index in [0.717, 1.165) is 45.6 Å². The maximum atomic E-state index is 10.6. The highest BCUT2D eigenvalue weighted by Gasteiger charge is 2.31. The molecule has 0 saturated carbocycles. The minimum atomic E-state index is 0.0681. The first-order chi connectivity index (χ1) is 11.3. The van der Waals surface area contributed by atoms with Crippen LogP contribution in [0.25, 0.3) is 0 Å². The van der Waals surface area contributed by atoms with Crippen molar-refractivity contribution in [2.24, 2.45) is 16.8 Å². The van der Waals surface area contributed by atoms with Gasteiger partial charge in [0.1, 0.15) is 6.10 Å². The molecule has 0 aromatic rings. The Bertz CT molecular complexity index is 476. The number of hydrogen-bond acceptors (Lipinski definition) is 7. The summed E-state index contributed by atoms with van der Waals surface area (Å²) in [5, 5.41) is 4.13. The van der Waals surface area contributed by atoms with Crippen LogP contribution < -0.4 is 5.73 Å². The summed E-state index contributed by atoms with van der Waals surface area (Å²) >= 11 is 0. The largest absolute Gasteiger partial charge is 0.470 e. The summed E-state index contributed by atoms with van der Waals surface area (Å²) in [4.78, 5) is 20.4. The lowest BCUT2D eigenvalue weighted by molar-refractivity contribution is -0.0172. The quantitative estimate of drug-likeness (QED) is 0.761. The van der Waals surface area contributed by atoms with Crippen LogP contribution in [0.1, 0.15) is 32.1 Å². The van der Waals surface area contributed by atoms with E-state index in [2.05, 4.69) is 10.1 Å². The Balaban J connectivity index is 1.49. The van der Waals surface area contributed by atoms with E-state index in [4.69, 9.17) is 15.3 Å². The molecular weight excluding hydrogens is 296 g/mol. The summed E-state index contributed by atoms with van der Waals surface area (Å²) < 4.78 is 6.10. The van der Waals surface area contributed by atoms with Gasteiger partial charge < -0.3 is 20.2 Å². The highest BCUT2D eigenvalue weighted by Crippen LogP contribution is 2.23. The number of oxime groups is 1. The molecule has 0 radical (unpaired) electrons. The van der Waals surface area contributed by atoms with Crippen molar-refractivity contribution in [1.82, 2.24) is 9.80 Å². The number of piperidine rings is 2. The highest BCUT2D eigenvalue weighted by atomic mass is 16.7. The first kappa shape index (κ1) is 16.1. The number of ether oxygens (including phenoxy) is 1. The number of likely N-dealkylation sites (tertiary alicyclic amines) is 2. The molecule has 1 atom stereocenters. The maximum absolute atomic E-state index is 10.6. The molecule has 128 valence electrons. The van der Waals surface area contributed by atoms with Gasteiger partial charge in [0.25, 0.3) is 0 Å². The van der Waals surface area contributed by atoms with Crippen molar-refractivity contribution in [3.05, 3.63) is 5.82 Å². The third-order valence-electron chi connectivity index (χ3n) is 4.90. The summed E-state index contributed by atoms with van der Waals surface area (Å²) in [5.41, 5.74) is 5.63. The summed E-state index contributed by atoms with van der Waals surface area (Å²) in [5.74, 6) is 2.91. The molecule has 3 rings (SSSR count). The van der Waals surface area contributed by atoms with Gasteiger partial charge in [-0.3, -0.25) is 4.90 Å². The molecule has 2 fully saturated rings.